The quantitative estimate of drug-likeness (QED) is 0.704. The fourth-order valence-corrected chi connectivity index (χ4v) is 2.46. The number of nitrogens with one attached hydrogen (secondary N) is 2. The van der Waals surface area contributed by atoms with Gasteiger partial charge in [0.2, 0.25) is 0 Å². The smallest absolute Gasteiger partial charge is 0.274 e. The van der Waals surface area contributed by atoms with Crippen molar-refractivity contribution in [2.75, 3.05) is 10.6 Å². The van der Waals surface area contributed by atoms with Crippen LogP contribution in [0.3, 0.4) is 0 Å². The zero-order valence-corrected chi connectivity index (χ0v) is 14.0. The molecule has 2 N–H and O–H groups in total. The van der Waals surface area contributed by atoms with Gasteiger partial charge >= 0.3 is 0 Å². The Labute approximate surface area is 147 Å². The van der Waals surface area contributed by atoms with Crippen molar-refractivity contribution in [3.63, 3.8) is 0 Å². The summed E-state index contributed by atoms with van der Waals surface area (Å²) in [4.78, 5) is 16.4. The zero-order chi connectivity index (χ0) is 17.1. The second kappa shape index (κ2) is 6.90. The normalized spacial score (nSPS) is 10.5. The van der Waals surface area contributed by atoms with Crippen molar-refractivity contribution in [2.24, 2.45) is 0 Å². The Morgan fingerprint density at radius 2 is 1.92 bits per heavy atom. The minimum atomic E-state index is -0.408. The maximum Gasteiger partial charge on any atom is 0.274 e. The number of nitrogens with zero attached hydrogens (tertiary/aromatic N) is 2. The Hall–Kier alpha value is -2.57. The van der Waals surface area contributed by atoms with Crippen molar-refractivity contribution in [2.45, 2.75) is 6.92 Å². The van der Waals surface area contributed by atoms with Crippen LogP contribution in [0.15, 0.2) is 47.1 Å². The van der Waals surface area contributed by atoms with Crippen molar-refractivity contribution >= 4 is 46.3 Å². The van der Waals surface area contributed by atoms with E-state index in [9.17, 15) is 4.79 Å². The molecule has 0 aliphatic heterocycles. The summed E-state index contributed by atoms with van der Waals surface area (Å²) in [5, 5.41) is 10.2. The van der Waals surface area contributed by atoms with Crippen molar-refractivity contribution in [3.8, 4) is 0 Å². The molecule has 2 heterocycles. The molecule has 0 fully saturated rings. The lowest BCUT2D eigenvalue weighted by Crippen LogP contribution is -2.14. The third-order valence-corrected chi connectivity index (χ3v) is 3.73. The van der Waals surface area contributed by atoms with Gasteiger partial charge in [-0.1, -0.05) is 34.4 Å². The number of aromatic nitrogens is 2. The summed E-state index contributed by atoms with van der Waals surface area (Å²) in [6.07, 6.45) is 1.52. The zero-order valence-electron chi connectivity index (χ0n) is 12.5. The highest BCUT2D eigenvalue weighted by molar-refractivity contribution is 6.39. The van der Waals surface area contributed by atoms with Crippen molar-refractivity contribution < 1.29 is 9.32 Å². The maximum atomic E-state index is 12.3. The van der Waals surface area contributed by atoms with Crippen LogP contribution in [0.4, 0.5) is 17.2 Å². The van der Waals surface area contributed by atoms with Crippen LogP contribution in [0.1, 0.15) is 16.2 Å². The molecule has 122 valence electrons. The van der Waals surface area contributed by atoms with Gasteiger partial charge in [-0.25, -0.2) is 4.98 Å². The average molecular weight is 363 g/mol. The SMILES string of the molecule is Cc1cc(Nc2ccc(C(=O)Nc3c(Cl)cccc3Cl)nc2)no1. The van der Waals surface area contributed by atoms with Crippen LogP contribution in [0.2, 0.25) is 10.0 Å². The van der Waals surface area contributed by atoms with Gasteiger partial charge in [0.05, 0.1) is 27.6 Å². The van der Waals surface area contributed by atoms with Gasteiger partial charge in [-0.2, -0.15) is 0 Å². The number of pyridine rings is 1. The number of anilines is 3. The molecule has 0 bridgehead atoms. The van der Waals surface area contributed by atoms with Gasteiger partial charge < -0.3 is 15.2 Å². The summed E-state index contributed by atoms with van der Waals surface area (Å²) in [7, 11) is 0. The number of carbonyl (C=O) groups is 1. The van der Waals surface area contributed by atoms with Crippen molar-refractivity contribution in [3.05, 3.63) is 64.1 Å². The van der Waals surface area contributed by atoms with E-state index in [2.05, 4.69) is 20.8 Å². The van der Waals surface area contributed by atoms with E-state index in [0.717, 1.165) is 0 Å². The van der Waals surface area contributed by atoms with E-state index in [1.807, 2.05) is 0 Å². The summed E-state index contributed by atoms with van der Waals surface area (Å²) in [5.74, 6) is 0.848. The standard InChI is InChI=1S/C16H12Cl2N4O2/c1-9-7-14(22-24-9)20-10-5-6-13(19-8-10)16(23)21-15-11(17)3-2-4-12(15)18/h2-8H,1H3,(H,20,22)(H,21,23). The van der Waals surface area contributed by atoms with Gasteiger partial charge in [-0.05, 0) is 31.2 Å². The third-order valence-electron chi connectivity index (χ3n) is 3.10. The van der Waals surface area contributed by atoms with E-state index in [1.165, 1.54) is 6.20 Å². The molecule has 6 nitrogen and oxygen atoms in total. The first-order chi connectivity index (χ1) is 11.5. The van der Waals surface area contributed by atoms with Gasteiger partial charge in [0.25, 0.3) is 5.91 Å². The Balaban J connectivity index is 1.72. The molecule has 3 aromatic rings. The van der Waals surface area contributed by atoms with Gasteiger partial charge in [0, 0.05) is 6.07 Å². The number of benzene rings is 1. The predicted octanol–water partition coefficient (Wildman–Crippen LogP) is 4.68. The first-order valence-corrected chi connectivity index (χ1v) is 7.70. The highest BCUT2D eigenvalue weighted by Crippen LogP contribution is 2.30. The topological polar surface area (TPSA) is 80.0 Å². The fourth-order valence-electron chi connectivity index (χ4n) is 1.97. The highest BCUT2D eigenvalue weighted by atomic mass is 35.5. The van der Waals surface area contributed by atoms with Gasteiger partial charge in [0.15, 0.2) is 5.82 Å². The number of hydrogen-bond acceptors (Lipinski definition) is 5. The molecule has 0 aliphatic rings. The van der Waals surface area contributed by atoms with E-state index >= 15 is 0 Å². The molecule has 0 saturated carbocycles. The number of rotatable bonds is 4. The average Bonchev–Trinajstić information content (AvgIpc) is 2.96. The Kier molecular flexibility index (Phi) is 4.69. The molecule has 0 unspecified atom stereocenters. The van der Waals surface area contributed by atoms with Gasteiger partial charge in [0.1, 0.15) is 11.5 Å². The Bertz CT molecular complexity index is 858. The van der Waals surface area contributed by atoms with Crippen molar-refractivity contribution in [1.82, 2.24) is 10.1 Å². The number of hydrogen-bond donors (Lipinski definition) is 2. The summed E-state index contributed by atoms with van der Waals surface area (Å²) < 4.78 is 4.97. The van der Waals surface area contributed by atoms with E-state index < -0.39 is 5.91 Å². The summed E-state index contributed by atoms with van der Waals surface area (Å²) in [6.45, 7) is 1.80. The molecule has 0 spiro atoms. The second-order valence-corrected chi connectivity index (χ2v) is 5.75. The van der Waals surface area contributed by atoms with Gasteiger partial charge in [-0.15, -0.1) is 0 Å². The van der Waals surface area contributed by atoms with E-state index in [0.29, 0.717) is 33.0 Å². The minimum absolute atomic E-state index is 0.230. The van der Waals surface area contributed by atoms with E-state index in [-0.39, 0.29) is 5.69 Å². The van der Waals surface area contributed by atoms with Crippen LogP contribution in [-0.2, 0) is 0 Å². The molecule has 2 aromatic heterocycles. The van der Waals surface area contributed by atoms with Crippen LogP contribution in [0.25, 0.3) is 0 Å². The second-order valence-electron chi connectivity index (χ2n) is 4.93. The van der Waals surface area contributed by atoms with Crippen LogP contribution in [-0.4, -0.2) is 16.0 Å². The lowest BCUT2D eigenvalue weighted by molar-refractivity contribution is 0.102. The Morgan fingerprint density at radius 3 is 2.50 bits per heavy atom. The minimum Gasteiger partial charge on any atom is -0.360 e. The van der Waals surface area contributed by atoms with Gasteiger partial charge in [-0.3, -0.25) is 4.79 Å². The maximum absolute atomic E-state index is 12.3. The summed E-state index contributed by atoms with van der Waals surface area (Å²) in [6, 6.07) is 10.0. The fraction of sp³-hybridized carbons (Fsp3) is 0.0625. The molecule has 24 heavy (non-hydrogen) atoms. The molecule has 0 atom stereocenters. The molecule has 1 aromatic carbocycles. The van der Waals surface area contributed by atoms with Crippen LogP contribution < -0.4 is 10.6 Å². The molecule has 0 saturated heterocycles. The number of carbonyl (C=O) groups excluding carboxylic acids is 1. The lowest BCUT2D eigenvalue weighted by atomic mass is 10.2. The predicted molar refractivity (Wildman–Crippen MR) is 93.2 cm³/mol. The van der Waals surface area contributed by atoms with Crippen LogP contribution >= 0.6 is 23.2 Å². The summed E-state index contributed by atoms with van der Waals surface area (Å²) >= 11 is 12.1. The number of para-hydroxylation sites is 1. The molecule has 8 heteroatoms. The Morgan fingerprint density at radius 1 is 1.17 bits per heavy atom. The molecular formula is C16H12Cl2N4O2. The lowest BCUT2D eigenvalue weighted by Gasteiger charge is -2.09. The first kappa shape index (κ1) is 16.3. The highest BCUT2D eigenvalue weighted by Gasteiger charge is 2.12. The largest absolute Gasteiger partial charge is 0.360 e. The molecule has 3 rings (SSSR count). The third kappa shape index (κ3) is 3.67. The van der Waals surface area contributed by atoms with E-state index in [1.54, 1.807) is 43.3 Å². The van der Waals surface area contributed by atoms with E-state index in [4.69, 9.17) is 27.7 Å². The molecule has 1 amide bonds. The van der Waals surface area contributed by atoms with Crippen LogP contribution in [0.5, 0.6) is 0 Å². The van der Waals surface area contributed by atoms with Crippen LogP contribution in [0, 0.1) is 6.92 Å². The monoisotopic (exact) mass is 362 g/mol. The number of aryl methyl sites for hydroxylation is 1. The molecule has 0 radical (unpaired) electrons. The number of halogens is 2. The first-order valence-electron chi connectivity index (χ1n) is 6.94. The number of amides is 1. The molecular weight excluding hydrogens is 351 g/mol. The summed E-state index contributed by atoms with van der Waals surface area (Å²) in [5.41, 5.74) is 1.26. The molecule has 0 aliphatic carbocycles. The van der Waals surface area contributed by atoms with Crippen molar-refractivity contribution in [1.29, 1.82) is 0 Å².